The van der Waals surface area contributed by atoms with Crippen LogP contribution in [0.2, 0.25) is 0 Å². The van der Waals surface area contributed by atoms with Crippen LogP contribution in [0.25, 0.3) is 11.6 Å². The van der Waals surface area contributed by atoms with Gasteiger partial charge in [-0.25, -0.2) is 0 Å². The van der Waals surface area contributed by atoms with Gasteiger partial charge in [0, 0.05) is 43.7 Å². The third kappa shape index (κ3) is 7.14. The predicted octanol–water partition coefficient (Wildman–Crippen LogP) is 2.68. The number of nitrogens with one attached hydrogen (secondary N) is 3. The van der Waals surface area contributed by atoms with Gasteiger partial charge < -0.3 is 20.5 Å². The summed E-state index contributed by atoms with van der Waals surface area (Å²) < 4.78 is 5.30. The number of carbonyl (C=O) groups excluding carboxylic acids is 1. The van der Waals surface area contributed by atoms with Gasteiger partial charge in [-0.2, -0.15) is 4.98 Å². The Hall–Kier alpha value is -2.24. The van der Waals surface area contributed by atoms with Gasteiger partial charge in [0.05, 0.1) is 0 Å². The topological polar surface area (TPSA) is 117 Å². The largest absolute Gasteiger partial charge is 0.357 e. The van der Waals surface area contributed by atoms with E-state index in [2.05, 4.69) is 36.1 Å². The van der Waals surface area contributed by atoms with E-state index in [1.165, 1.54) is 0 Å². The number of rotatable bonds is 8. The number of amides is 1. The van der Waals surface area contributed by atoms with Crippen LogP contribution in [0.5, 0.6) is 0 Å². The second kappa shape index (κ2) is 12.1. The first-order valence-corrected chi connectivity index (χ1v) is 11.3. The van der Waals surface area contributed by atoms with Gasteiger partial charge in [-0.3, -0.25) is 14.8 Å². The minimum atomic E-state index is 0. The molecule has 174 valence electrons. The van der Waals surface area contributed by atoms with Crippen molar-refractivity contribution in [1.82, 2.24) is 31.1 Å². The van der Waals surface area contributed by atoms with E-state index >= 15 is 0 Å². The Morgan fingerprint density at radius 2 is 2.06 bits per heavy atom. The zero-order valence-electron chi connectivity index (χ0n) is 18.4. The summed E-state index contributed by atoms with van der Waals surface area (Å²) in [5.41, 5.74) is 0.664. The van der Waals surface area contributed by atoms with Crippen molar-refractivity contribution in [2.45, 2.75) is 64.0 Å². The standard InChI is InChI=1S/C22H31N7O2.HI/c1-2-23-22(27-17-7-5-6-15(14-17)20(30)26-16-9-10-16)25-13-11-19-28-21(31-29-19)18-8-3-4-12-24-18;/h3-4,8,12,15-17H,2,5-7,9-11,13-14H2,1H3,(H,26,30)(H2,23,25,27);1H. The molecule has 2 aliphatic carbocycles. The Balaban J connectivity index is 0.00000289. The summed E-state index contributed by atoms with van der Waals surface area (Å²) in [5.74, 6) is 2.11. The smallest absolute Gasteiger partial charge is 0.276 e. The number of hydrogen-bond donors (Lipinski definition) is 3. The van der Waals surface area contributed by atoms with Crippen molar-refractivity contribution in [3.63, 3.8) is 0 Å². The van der Waals surface area contributed by atoms with Crippen molar-refractivity contribution in [3.05, 3.63) is 30.2 Å². The molecular weight excluding hydrogens is 521 g/mol. The molecule has 10 heteroatoms. The van der Waals surface area contributed by atoms with E-state index in [0.717, 1.165) is 51.0 Å². The molecule has 0 bridgehead atoms. The Labute approximate surface area is 205 Å². The summed E-state index contributed by atoms with van der Waals surface area (Å²) >= 11 is 0. The average Bonchev–Trinajstić information content (AvgIpc) is 3.48. The number of aromatic nitrogens is 3. The van der Waals surface area contributed by atoms with Crippen molar-refractivity contribution in [2.24, 2.45) is 10.9 Å². The molecule has 9 nitrogen and oxygen atoms in total. The molecule has 1 amide bonds. The van der Waals surface area contributed by atoms with Crippen LogP contribution >= 0.6 is 24.0 Å². The highest BCUT2D eigenvalue weighted by Gasteiger charge is 2.31. The third-order valence-electron chi connectivity index (χ3n) is 5.61. The highest BCUT2D eigenvalue weighted by molar-refractivity contribution is 14.0. The lowest BCUT2D eigenvalue weighted by atomic mass is 9.85. The molecule has 0 radical (unpaired) electrons. The molecule has 0 aliphatic heterocycles. The van der Waals surface area contributed by atoms with Crippen molar-refractivity contribution in [3.8, 4) is 11.6 Å². The van der Waals surface area contributed by atoms with Crippen LogP contribution in [0.3, 0.4) is 0 Å². The number of hydrogen-bond acceptors (Lipinski definition) is 6. The molecule has 2 saturated carbocycles. The molecule has 0 spiro atoms. The molecule has 4 rings (SSSR count). The zero-order valence-corrected chi connectivity index (χ0v) is 20.7. The molecule has 0 saturated heterocycles. The lowest BCUT2D eigenvalue weighted by Crippen LogP contribution is -2.47. The first-order valence-electron chi connectivity index (χ1n) is 11.3. The van der Waals surface area contributed by atoms with Crippen LogP contribution in [-0.2, 0) is 11.2 Å². The molecule has 2 unspecified atom stereocenters. The minimum absolute atomic E-state index is 0. The van der Waals surface area contributed by atoms with E-state index in [4.69, 9.17) is 4.52 Å². The summed E-state index contributed by atoms with van der Waals surface area (Å²) in [6.07, 6.45) is 8.45. The summed E-state index contributed by atoms with van der Waals surface area (Å²) in [6.45, 7) is 3.35. The fourth-order valence-electron chi connectivity index (χ4n) is 3.84. The number of carbonyl (C=O) groups is 1. The zero-order chi connectivity index (χ0) is 21.5. The number of aliphatic imine (C=N–C) groups is 1. The fourth-order valence-corrected chi connectivity index (χ4v) is 3.84. The van der Waals surface area contributed by atoms with Gasteiger partial charge in [0.25, 0.3) is 5.89 Å². The van der Waals surface area contributed by atoms with Crippen LogP contribution in [-0.4, -0.2) is 52.2 Å². The van der Waals surface area contributed by atoms with Gasteiger partial charge in [0.2, 0.25) is 5.91 Å². The van der Waals surface area contributed by atoms with E-state index < -0.39 is 0 Å². The summed E-state index contributed by atoms with van der Waals surface area (Å²) in [7, 11) is 0. The predicted molar refractivity (Wildman–Crippen MR) is 133 cm³/mol. The Kier molecular flexibility index (Phi) is 9.24. The number of nitrogens with zero attached hydrogens (tertiary/aromatic N) is 4. The molecular formula is C22H32IN7O2. The van der Waals surface area contributed by atoms with Gasteiger partial charge in [-0.05, 0) is 51.2 Å². The molecule has 32 heavy (non-hydrogen) atoms. The van der Waals surface area contributed by atoms with Crippen LogP contribution in [0.15, 0.2) is 33.9 Å². The van der Waals surface area contributed by atoms with E-state index in [9.17, 15) is 4.79 Å². The van der Waals surface area contributed by atoms with Crippen LogP contribution < -0.4 is 16.0 Å². The van der Waals surface area contributed by atoms with Crippen LogP contribution in [0.4, 0.5) is 0 Å². The second-order valence-corrected chi connectivity index (χ2v) is 8.23. The molecule has 2 fully saturated rings. The van der Waals surface area contributed by atoms with E-state index in [0.29, 0.717) is 36.4 Å². The van der Waals surface area contributed by atoms with Crippen LogP contribution in [0, 0.1) is 5.92 Å². The molecule has 2 heterocycles. The first-order chi connectivity index (χ1) is 15.2. The monoisotopic (exact) mass is 553 g/mol. The normalized spacial score (nSPS) is 20.8. The fraction of sp³-hybridized carbons (Fsp3) is 0.591. The average molecular weight is 553 g/mol. The van der Waals surface area contributed by atoms with Crippen molar-refractivity contribution < 1.29 is 9.32 Å². The summed E-state index contributed by atoms with van der Waals surface area (Å²) in [5, 5.41) is 14.0. The van der Waals surface area contributed by atoms with Gasteiger partial charge >= 0.3 is 0 Å². The van der Waals surface area contributed by atoms with Crippen molar-refractivity contribution in [1.29, 1.82) is 0 Å². The highest BCUT2D eigenvalue weighted by atomic mass is 127. The molecule has 0 aromatic carbocycles. The lowest BCUT2D eigenvalue weighted by Gasteiger charge is -2.30. The molecule has 2 aliphatic rings. The molecule has 3 N–H and O–H groups in total. The maximum absolute atomic E-state index is 12.4. The Morgan fingerprint density at radius 1 is 1.19 bits per heavy atom. The van der Waals surface area contributed by atoms with Crippen LogP contribution in [0.1, 0.15) is 51.3 Å². The SMILES string of the molecule is CCNC(=NCCc1noc(-c2ccccn2)n1)NC1CCCC(C(=O)NC2CC2)C1.I. The molecule has 2 aromatic heterocycles. The van der Waals surface area contributed by atoms with E-state index in [1.807, 2.05) is 25.1 Å². The van der Waals surface area contributed by atoms with Crippen molar-refractivity contribution in [2.75, 3.05) is 13.1 Å². The highest BCUT2D eigenvalue weighted by Crippen LogP contribution is 2.26. The summed E-state index contributed by atoms with van der Waals surface area (Å²) in [4.78, 5) is 25.7. The Morgan fingerprint density at radius 3 is 2.81 bits per heavy atom. The quantitative estimate of drug-likeness (QED) is 0.262. The number of pyridine rings is 1. The van der Waals surface area contributed by atoms with Gasteiger partial charge in [0.15, 0.2) is 11.8 Å². The van der Waals surface area contributed by atoms with E-state index in [1.54, 1.807) is 6.20 Å². The number of halogens is 1. The van der Waals surface area contributed by atoms with Gasteiger partial charge in [0.1, 0.15) is 5.69 Å². The summed E-state index contributed by atoms with van der Waals surface area (Å²) in [6, 6.07) is 6.24. The molecule has 2 aromatic rings. The molecule has 2 atom stereocenters. The maximum Gasteiger partial charge on any atom is 0.276 e. The van der Waals surface area contributed by atoms with Gasteiger partial charge in [-0.15, -0.1) is 24.0 Å². The van der Waals surface area contributed by atoms with Gasteiger partial charge in [-0.1, -0.05) is 17.6 Å². The van der Waals surface area contributed by atoms with E-state index in [-0.39, 0.29) is 41.8 Å². The Bertz CT molecular complexity index is 885. The first kappa shape index (κ1) is 24.4. The second-order valence-electron chi connectivity index (χ2n) is 8.23. The van der Waals surface area contributed by atoms with Crippen molar-refractivity contribution >= 4 is 35.8 Å². The minimum Gasteiger partial charge on any atom is -0.357 e. The number of guanidine groups is 1. The third-order valence-corrected chi connectivity index (χ3v) is 5.61. The maximum atomic E-state index is 12.4. The lowest BCUT2D eigenvalue weighted by molar-refractivity contribution is -0.126.